The molecule has 2 aromatic rings. The van der Waals surface area contributed by atoms with Crippen molar-refractivity contribution in [3.8, 4) is 0 Å². The van der Waals surface area contributed by atoms with Gasteiger partial charge in [0.05, 0.1) is 11.2 Å². The summed E-state index contributed by atoms with van der Waals surface area (Å²) in [5, 5.41) is 0. The van der Waals surface area contributed by atoms with Gasteiger partial charge in [0.15, 0.2) is 0 Å². The summed E-state index contributed by atoms with van der Waals surface area (Å²) in [6, 6.07) is 6.79. The molecule has 0 amide bonds. The van der Waals surface area contributed by atoms with E-state index in [9.17, 15) is 13.2 Å². The second-order valence-corrected chi connectivity index (χ2v) is 8.65. The standard InChI is InChI=1S/C24H29F3N2O/c25-24(26,27)20-15-19(16-28-17-20)7-1-3-9-22(21-8-2-6-13-29-21)12-14-30-23(18-22)10-4-5-11-23/h2,6,8,13,15-17H,1,3-5,7,9-12,14,18H2/t22-/m1/s1/i7D2. The number of ether oxygens (including phenoxy) is 1. The Labute approximate surface area is 178 Å². The van der Waals surface area contributed by atoms with Gasteiger partial charge in [-0.05, 0) is 68.7 Å². The molecule has 0 N–H and O–H groups in total. The maximum absolute atomic E-state index is 13.1. The number of hydrogen-bond acceptors (Lipinski definition) is 3. The van der Waals surface area contributed by atoms with Crippen LogP contribution in [0.25, 0.3) is 0 Å². The van der Waals surface area contributed by atoms with Crippen molar-refractivity contribution < 1.29 is 20.6 Å². The average Bonchev–Trinajstić information content (AvgIpc) is 3.21. The predicted molar refractivity (Wildman–Crippen MR) is 109 cm³/mol. The number of pyridine rings is 2. The third-order valence-electron chi connectivity index (χ3n) is 6.60. The van der Waals surface area contributed by atoms with E-state index in [-0.39, 0.29) is 23.0 Å². The van der Waals surface area contributed by atoms with E-state index in [1.807, 2.05) is 18.2 Å². The highest BCUT2D eigenvalue weighted by Crippen LogP contribution is 2.50. The van der Waals surface area contributed by atoms with E-state index in [1.54, 1.807) is 6.20 Å². The van der Waals surface area contributed by atoms with Crippen LogP contribution in [0.3, 0.4) is 0 Å². The molecular weight excluding hydrogens is 389 g/mol. The van der Waals surface area contributed by atoms with Crippen molar-refractivity contribution >= 4 is 0 Å². The first-order valence-electron chi connectivity index (χ1n) is 11.7. The number of alkyl halides is 3. The summed E-state index contributed by atoms with van der Waals surface area (Å²) >= 11 is 0. The van der Waals surface area contributed by atoms with Gasteiger partial charge in [0.1, 0.15) is 0 Å². The van der Waals surface area contributed by atoms with Crippen molar-refractivity contribution in [2.45, 2.75) is 81.4 Å². The molecule has 1 saturated carbocycles. The van der Waals surface area contributed by atoms with Crippen LogP contribution < -0.4 is 0 Å². The minimum absolute atomic E-state index is 0.0292. The molecule has 0 bridgehead atoms. The molecule has 1 saturated heterocycles. The summed E-state index contributed by atoms with van der Waals surface area (Å²) in [6.07, 6.45) is 4.76. The van der Waals surface area contributed by atoms with Crippen LogP contribution in [0, 0.1) is 0 Å². The van der Waals surface area contributed by atoms with Crippen molar-refractivity contribution in [2.75, 3.05) is 6.61 Å². The molecule has 162 valence electrons. The quantitative estimate of drug-likeness (QED) is 0.552. The van der Waals surface area contributed by atoms with Crippen LogP contribution in [0.1, 0.15) is 77.3 Å². The molecule has 30 heavy (non-hydrogen) atoms. The summed E-state index contributed by atoms with van der Waals surface area (Å²) < 4.78 is 62.3. The van der Waals surface area contributed by atoms with Gasteiger partial charge in [-0.25, -0.2) is 0 Å². The molecule has 3 nitrogen and oxygen atoms in total. The third kappa shape index (κ3) is 4.69. The van der Waals surface area contributed by atoms with E-state index >= 15 is 0 Å². The van der Waals surface area contributed by atoms with Gasteiger partial charge < -0.3 is 4.74 Å². The van der Waals surface area contributed by atoms with Gasteiger partial charge in [0, 0.05) is 39.0 Å². The lowest BCUT2D eigenvalue weighted by atomic mass is 9.67. The molecule has 2 aliphatic rings. The molecule has 2 aromatic heterocycles. The molecule has 1 atom stereocenters. The lowest BCUT2D eigenvalue weighted by Crippen LogP contribution is -2.46. The van der Waals surface area contributed by atoms with Gasteiger partial charge in [-0.2, -0.15) is 13.2 Å². The van der Waals surface area contributed by atoms with Crippen LogP contribution in [0.15, 0.2) is 42.9 Å². The fourth-order valence-electron chi connectivity index (χ4n) is 5.15. The summed E-state index contributed by atoms with van der Waals surface area (Å²) in [4.78, 5) is 8.29. The number of nitrogens with zero attached hydrogens (tertiary/aromatic N) is 2. The molecule has 3 heterocycles. The fourth-order valence-corrected chi connectivity index (χ4v) is 5.15. The Morgan fingerprint density at radius 2 is 1.93 bits per heavy atom. The molecule has 0 unspecified atom stereocenters. The van der Waals surface area contributed by atoms with Gasteiger partial charge in [0.25, 0.3) is 0 Å². The van der Waals surface area contributed by atoms with Gasteiger partial charge in [-0.3, -0.25) is 9.97 Å². The zero-order chi connectivity index (χ0) is 22.9. The minimum atomic E-state index is -4.54. The Hall–Kier alpha value is -1.95. The molecule has 4 rings (SSSR count). The van der Waals surface area contributed by atoms with Gasteiger partial charge in [-0.1, -0.05) is 25.3 Å². The highest BCUT2D eigenvalue weighted by Gasteiger charge is 2.48. The molecule has 6 heteroatoms. The normalized spacial score (nSPS) is 25.2. The lowest BCUT2D eigenvalue weighted by Gasteiger charge is -2.46. The molecule has 0 aromatic carbocycles. The van der Waals surface area contributed by atoms with Crippen molar-refractivity contribution in [3.63, 3.8) is 0 Å². The lowest BCUT2D eigenvalue weighted by molar-refractivity contribution is -0.137. The Bertz CT molecular complexity index is 917. The van der Waals surface area contributed by atoms with E-state index in [4.69, 9.17) is 7.48 Å². The highest BCUT2D eigenvalue weighted by molar-refractivity contribution is 5.22. The average molecular weight is 421 g/mol. The van der Waals surface area contributed by atoms with Crippen molar-refractivity contribution in [2.24, 2.45) is 0 Å². The summed E-state index contributed by atoms with van der Waals surface area (Å²) in [5.41, 5.74) is -0.267. The van der Waals surface area contributed by atoms with Crippen LogP contribution in [-0.2, 0) is 22.7 Å². The molecule has 0 radical (unpaired) electrons. The van der Waals surface area contributed by atoms with Crippen LogP contribution in [0.2, 0.25) is 0 Å². The van der Waals surface area contributed by atoms with Crippen molar-refractivity contribution in [1.29, 1.82) is 0 Å². The molecule has 1 aliphatic heterocycles. The second kappa shape index (κ2) is 8.66. The van der Waals surface area contributed by atoms with E-state index in [0.717, 1.165) is 62.9 Å². The first kappa shape index (κ1) is 18.8. The number of hydrogen-bond donors (Lipinski definition) is 0. The molecule has 2 fully saturated rings. The Balaban J connectivity index is 1.52. The first-order chi connectivity index (χ1) is 15.1. The summed E-state index contributed by atoms with van der Waals surface area (Å²) in [6.45, 7) is 0.654. The topological polar surface area (TPSA) is 35.0 Å². The van der Waals surface area contributed by atoms with Crippen LogP contribution in [0.5, 0.6) is 0 Å². The molecular formula is C24H29F3N2O. The smallest absolute Gasteiger partial charge is 0.375 e. The summed E-state index contributed by atoms with van der Waals surface area (Å²) in [7, 11) is 0. The Morgan fingerprint density at radius 1 is 1.10 bits per heavy atom. The predicted octanol–water partition coefficient (Wildman–Crippen LogP) is 6.27. The third-order valence-corrected chi connectivity index (χ3v) is 6.60. The maximum atomic E-state index is 13.1. The number of aromatic nitrogens is 2. The van der Waals surface area contributed by atoms with Gasteiger partial charge in [0.2, 0.25) is 0 Å². The maximum Gasteiger partial charge on any atom is 0.417 e. The van der Waals surface area contributed by atoms with Gasteiger partial charge in [-0.15, -0.1) is 0 Å². The monoisotopic (exact) mass is 420 g/mol. The molecule has 1 aliphatic carbocycles. The number of aryl methyl sites for hydroxylation is 1. The zero-order valence-corrected chi connectivity index (χ0v) is 17.0. The van der Waals surface area contributed by atoms with Crippen LogP contribution >= 0.6 is 0 Å². The first-order valence-corrected chi connectivity index (χ1v) is 10.7. The zero-order valence-electron chi connectivity index (χ0n) is 19.0. The Kier molecular flexibility index (Phi) is 5.42. The van der Waals surface area contributed by atoms with Crippen LogP contribution in [0.4, 0.5) is 13.2 Å². The largest absolute Gasteiger partial charge is 0.417 e. The van der Waals surface area contributed by atoms with Crippen LogP contribution in [-0.4, -0.2) is 22.2 Å². The van der Waals surface area contributed by atoms with E-state index in [1.165, 1.54) is 6.20 Å². The van der Waals surface area contributed by atoms with E-state index in [2.05, 4.69) is 9.97 Å². The van der Waals surface area contributed by atoms with Gasteiger partial charge >= 0.3 is 6.18 Å². The van der Waals surface area contributed by atoms with Crippen molar-refractivity contribution in [3.05, 3.63) is 59.7 Å². The molecule has 1 spiro atoms. The van der Waals surface area contributed by atoms with E-state index in [0.29, 0.717) is 13.0 Å². The highest BCUT2D eigenvalue weighted by atomic mass is 19.4. The second-order valence-electron chi connectivity index (χ2n) is 8.65. The summed E-state index contributed by atoms with van der Waals surface area (Å²) in [5.74, 6) is 0. The number of rotatable bonds is 6. The van der Waals surface area contributed by atoms with E-state index < -0.39 is 18.1 Å². The minimum Gasteiger partial charge on any atom is -0.375 e. The number of halogens is 3. The fraction of sp³-hybridized carbons (Fsp3) is 0.583. The SMILES string of the molecule is [2H]C([2H])(CCC[C@@]1(c2ccccn2)CCOC2(CCCC2)C1)c1cncc(C(F)(F)F)c1. The van der Waals surface area contributed by atoms with Crippen molar-refractivity contribution in [1.82, 2.24) is 9.97 Å². The Morgan fingerprint density at radius 3 is 2.67 bits per heavy atom.